The van der Waals surface area contributed by atoms with Crippen LogP contribution in [0.25, 0.3) is 15.5 Å². The summed E-state index contributed by atoms with van der Waals surface area (Å²) in [5.74, 6) is 0.877. The normalized spacial score (nSPS) is 10.9. The zero-order valence-electron chi connectivity index (χ0n) is 17.7. The number of halogens is 1. The molecule has 0 aliphatic rings. The Labute approximate surface area is 202 Å². The van der Waals surface area contributed by atoms with Crippen LogP contribution in [0.3, 0.4) is 0 Å². The zero-order chi connectivity index (χ0) is 23.0. The van der Waals surface area contributed by atoms with Gasteiger partial charge >= 0.3 is 0 Å². The minimum absolute atomic E-state index is 0.184. The number of thiocarbonyl (C=S) groups is 1. The molecule has 4 aromatic rings. The predicted octanol–water partition coefficient (Wildman–Crippen LogP) is 4.68. The van der Waals surface area contributed by atoms with Crippen LogP contribution in [-0.4, -0.2) is 37.9 Å². The Balaban J connectivity index is 1.55. The molecule has 0 radical (unpaired) electrons. The highest BCUT2D eigenvalue weighted by Gasteiger charge is 2.17. The molecule has 164 valence electrons. The van der Waals surface area contributed by atoms with Gasteiger partial charge in [-0.2, -0.15) is 9.61 Å². The molecular formula is C21H19BrN6O2S2. The Bertz CT molecular complexity index is 1360. The number of hydrogen-bond donors (Lipinski definition) is 2. The molecule has 0 fully saturated rings. The molecule has 2 N–H and O–H groups in total. The fraction of sp³-hybridized carbons (Fsp3) is 0.190. The maximum absolute atomic E-state index is 12.8. The van der Waals surface area contributed by atoms with Crippen molar-refractivity contribution in [2.75, 3.05) is 12.4 Å². The fourth-order valence-corrected chi connectivity index (χ4v) is 4.87. The minimum Gasteiger partial charge on any atom is -0.496 e. The summed E-state index contributed by atoms with van der Waals surface area (Å²) in [5.41, 5.74) is 3.89. The molecule has 8 nitrogen and oxygen atoms in total. The summed E-state index contributed by atoms with van der Waals surface area (Å²) in [6.07, 6.45) is 0. The highest BCUT2D eigenvalue weighted by molar-refractivity contribution is 9.10. The molecule has 4 rings (SSSR count). The van der Waals surface area contributed by atoms with Crippen molar-refractivity contribution < 1.29 is 9.53 Å². The summed E-state index contributed by atoms with van der Waals surface area (Å²) in [7, 11) is 1.53. The van der Waals surface area contributed by atoms with Gasteiger partial charge in [-0.05, 0) is 62.3 Å². The second-order valence-corrected chi connectivity index (χ2v) is 9.37. The minimum atomic E-state index is -0.360. The summed E-state index contributed by atoms with van der Waals surface area (Å²) >= 11 is 10.3. The molecule has 1 amide bonds. The lowest BCUT2D eigenvalue weighted by atomic mass is 10.1. The number of aryl methyl sites for hydroxylation is 3. The van der Waals surface area contributed by atoms with Crippen LogP contribution in [0.5, 0.6) is 5.75 Å². The molecule has 0 spiro atoms. The third kappa shape index (κ3) is 4.36. The molecule has 0 saturated heterocycles. The highest BCUT2D eigenvalue weighted by Crippen LogP contribution is 2.30. The van der Waals surface area contributed by atoms with Crippen LogP contribution >= 0.6 is 39.5 Å². The summed E-state index contributed by atoms with van der Waals surface area (Å²) < 4.78 is 7.89. The number of hydrogen-bond acceptors (Lipinski definition) is 7. The largest absolute Gasteiger partial charge is 0.496 e. The van der Waals surface area contributed by atoms with E-state index in [2.05, 4.69) is 41.9 Å². The van der Waals surface area contributed by atoms with Gasteiger partial charge in [-0.3, -0.25) is 10.1 Å². The number of carbonyl (C=O) groups excluding carboxylic acids is 1. The van der Waals surface area contributed by atoms with Crippen LogP contribution in [0.15, 0.2) is 34.8 Å². The Morgan fingerprint density at radius 1 is 1.16 bits per heavy atom. The van der Waals surface area contributed by atoms with Crippen molar-refractivity contribution in [1.82, 2.24) is 25.1 Å². The molecule has 0 unspecified atom stereocenters. The SMILES string of the molecule is COc1c(C)cc(Br)cc1C(=O)NC(=S)Nc1cc(-c2nn3c(C)nnc3s2)ccc1C. The number of benzene rings is 2. The molecule has 0 atom stereocenters. The van der Waals surface area contributed by atoms with E-state index in [1.54, 1.807) is 10.6 Å². The lowest BCUT2D eigenvalue weighted by Crippen LogP contribution is -2.34. The van der Waals surface area contributed by atoms with E-state index in [0.717, 1.165) is 42.6 Å². The number of amides is 1. The molecule has 2 heterocycles. The van der Waals surface area contributed by atoms with Gasteiger partial charge in [0.25, 0.3) is 5.91 Å². The molecular weight excluding hydrogens is 512 g/mol. The van der Waals surface area contributed by atoms with Crippen molar-refractivity contribution in [3.8, 4) is 16.3 Å². The number of carbonyl (C=O) groups is 1. The van der Waals surface area contributed by atoms with E-state index in [9.17, 15) is 4.79 Å². The van der Waals surface area contributed by atoms with Crippen molar-refractivity contribution in [3.63, 3.8) is 0 Å². The number of fused-ring (bicyclic) bond motifs is 1. The Morgan fingerprint density at radius 3 is 2.66 bits per heavy atom. The lowest BCUT2D eigenvalue weighted by Gasteiger charge is -2.15. The van der Waals surface area contributed by atoms with Crippen molar-refractivity contribution in [2.45, 2.75) is 20.8 Å². The van der Waals surface area contributed by atoms with E-state index in [1.165, 1.54) is 18.4 Å². The van der Waals surface area contributed by atoms with E-state index >= 15 is 0 Å². The third-order valence-electron chi connectivity index (χ3n) is 4.79. The van der Waals surface area contributed by atoms with Crippen LogP contribution in [0.1, 0.15) is 27.3 Å². The number of rotatable bonds is 4. The highest BCUT2D eigenvalue weighted by atomic mass is 79.9. The number of anilines is 1. The maximum Gasteiger partial charge on any atom is 0.261 e. The Kier molecular flexibility index (Phi) is 6.22. The van der Waals surface area contributed by atoms with Gasteiger partial charge in [-0.1, -0.05) is 39.4 Å². The van der Waals surface area contributed by atoms with Gasteiger partial charge in [0.2, 0.25) is 4.96 Å². The van der Waals surface area contributed by atoms with Gasteiger partial charge in [0.1, 0.15) is 10.8 Å². The van der Waals surface area contributed by atoms with Gasteiger partial charge in [-0.15, -0.1) is 10.2 Å². The number of ether oxygens (including phenoxy) is 1. The lowest BCUT2D eigenvalue weighted by molar-refractivity contribution is 0.0974. The topological polar surface area (TPSA) is 93.4 Å². The van der Waals surface area contributed by atoms with Crippen LogP contribution in [0, 0.1) is 20.8 Å². The summed E-state index contributed by atoms with van der Waals surface area (Å²) in [5, 5.41) is 19.5. The van der Waals surface area contributed by atoms with Gasteiger partial charge in [-0.25, -0.2) is 0 Å². The van der Waals surface area contributed by atoms with E-state index in [-0.39, 0.29) is 11.0 Å². The first-order chi connectivity index (χ1) is 15.3. The summed E-state index contributed by atoms with van der Waals surface area (Å²) in [6, 6.07) is 9.48. The molecule has 11 heteroatoms. The Morgan fingerprint density at radius 2 is 1.94 bits per heavy atom. The predicted molar refractivity (Wildman–Crippen MR) is 133 cm³/mol. The molecule has 2 aromatic carbocycles. The zero-order valence-corrected chi connectivity index (χ0v) is 20.9. The molecule has 0 aliphatic carbocycles. The van der Waals surface area contributed by atoms with Crippen LogP contribution in [-0.2, 0) is 0 Å². The van der Waals surface area contributed by atoms with E-state index < -0.39 is 0 Å². The van der Waals surface area contributed by atoms with Gasteiger partial charge in [0.15, 0.2) is 10.9 Å². The molecule has 2 aromatic heterocycles. The van der Waals surface area contributed by atoms with Crippen molar-refractivity contribution in [3.05, 3.63) is 57.3 Å². The third-order valence-corrected chi connectivity index (χ3v) is 6.40. The number of aromatic nitrogens is 4. The molecule has 0 bridgehead atoms. The van der Waals surface area contributed by atoms with E-state index in [1.807, 2.05) is 45.0 Å². The second-order valence-electron chi connectivity index (χ2n) is 7.09. The Hall–Kier alpha value is -2.89. The monoisotopic (exact) mass is 530 g/mol. The van der Waals surface area contributed by atoms with Gasteiger partial charge in [0, 0.05) is 15.7 Å². The molecule has 32 heavy (non-hydrogen) atoms. The average molecular weight is 531 g/mol. The van der Waals surface area contributed by atoms with Crippen molar-refractivity contribution in [2.24, 2.45) is 0 Å². The first-order valence-electron chi connectivity index (χ1n) is 9.53. The maximum atomic E-state index is 12.8. The van der Waals surface area contributed by atoms with Gasteiger partial charge in [0.05, 0.1) is 12.7 Å². The number of nitrogens with zero attached hydrogens (tertiary/aromatic N) is 4. The quantitative estimate of drug-likeness (QED) is 0.370. The smallest absolute Gasteiger partial charge is 0.261 e. The van der Waals surface area contributed by atoms with Crippen LogP contribution < -0.4 is 15.4 Å². The second kappa shape index (κ2) is 8.93. The van der Waals surface area contributed by atoms with Crippen LogP contribution in [0.2, 0.25) is 0 Å². The van der Waals surface area contributed by atoms with Crippen molar-refractivity contribution in [1.29, 1.82) is 0 Å². The van der Waals surface area contributed by atoms with Crippen LogP contribution in [0.4, 0.5) is 5.69 Å². The van der Waals surface area contributed by atoms with E-state index in [0.29, 0.717) is 11.3 Å². The van der Waals surface area contributed by atoms with Gasteiger partial charge < -0.3 is 10.1 Å². The first kappa shape index (κ1) is 22.3. The summed E-state index contributed by atoms with van der Waals surface area (Å²) in [4.78, 5) is 13.6. The van der Waals surface area contributed by atoms with Crippen molar-refractivity contribution >= 4 is 61.2 Å². The average Bonchev–Trinajstić information content (AvgIpc) is 3.31. The fourth-order valence-electron chi connectivity index (χ4n) is 3.21. The van der Waals surface area contributed by atoms with E-state index in [4.69, 9.17) is 17.0 Å². The number of methoxy groups -OCH3 is 1. The summed E-state index contributed by atoms with van der Waals surface area (Å²) in [6.45, 7) is 5.69. The molecule has 0 saturated carbocycles. The molecule has 0 aliphatic heterocycles. The first-order valence-corrected chi connectivity index (χ1v) is 11.5. The standard InChI is InChI=1S/C21H19BrN6O2S2/c1-10-5-6-13(19-27-28-12(3)25-26-21(28)32-19)8-16(10)23-20(31)24-18(29)15-9-14(22)7-11(2)17(15)30-4/h5-9H,1-4H3,(H2,23,24,29,31). The number of nitrogens with one attached hydrogen (secondary N) is 2.